The number of benzene rings is 1. The maximum absolute atomic E-state index is 11.6. The number of allylic oxidation sites excluding steroid dienone is 1. The molecule has 84 valence electrons. The third-order valence-electron chi connectivity index (χ3n) is 1.89. The van der Waals surface area contributed by atoms with Crippen LogP contribution in [0.2, 0.25) is 0 Å². The summed E-state index contributed by atoms with van der Waals surface area (Å²) >= 11 is 3.27. The predicted molar refractivity (Wildman–Crippen MR) is 64.2 cm³/mol. The molecule has 1 aromatic rings. The Labute approximate surface area is 102 Å². The zero-order valence-corrected chi connectivity index (χ0v) is 10.4. The van der Waals surface area contributed by atoms with Gasteiger partial charge in [-0.05, 0) is 12.1 Å². The predicted octanol–water partition coefficient (Wildman–Crippen LogP) is 2.75. The Balaban J connectivity index is 2.62. The first-order chi connectivity index (χ1) is 7.63. The molecule has 0 heterocycles. The van der Waals surface area contributed by atoms with E-state index in [0.29, 0.717) is 5.56 Å². The molecule has 4 heteroatoms. The van der Waals surface area contributed by atoms with Crippen LogP contribution < -0.4 is 0 Å². The van der Waals surface area contributed by atoms with Crippen LogP contribution in [0.15, 0.2) is 41.1 Å². The first-order valence-corrected chi connectivity index (χ1v) is 5.43. The van der Waals surface area contributed by atoms with Crippen LogP contribution in [0.3, 0.4) is 0 Å². The van der Waals surface area contributed by atoms with Crippen molar-refractivity contribution in [2.24, 2.45) is 0 Å². The minimum absolute atomic E-state index is 0.137. The number of methoxy groups -OCH3 is 1. The Morgan fingerprint density at radius 1 is 1.31 bits per heavy atom. The van der Waals surface area contributed by atoms with Gasteiger partial charge in [-0.25, -0.2) is 0 Å². The minimum atomic E-state index is -0.269. The first-order valence-electron chi connectivity index (χ1n) is 4.64. The summed E-state index contributed by atoms with van der Waals surface area (Å²) in [5, 5.41) is 0. The highest BCUT2D eigenvalue weighted by Crippen LogP contribution is 2.12. The summed E-state index contributed by atoms with van der Waals surface area (Å²) in [4.78, 5) is 22.9. The standard InChI is InChI=1S/C12H11BrO3/c1-16-7-6-11(14)8-12(15)9-2-4-10(13)5-3-9/h2-7H,8H2,1H3/b7-6+. The molecule has 0 radical (unpaired) electrons. The molecule has 0 aliphatic rings. The lowest BCUT2D eigenvalue weighted by molar-refractivity contribution is -0.113. The molecule has 0 amide bonds. The van der Waals surface area contributed by atoms with E-state index in [0.717, 1.165) is 4.47 Å². The smallest absolute Gasteiger partial charge is 0.170 e. The van der Waals surface area contributed by atoms with Crippen LogP contribution in [0.1, 0.15) is 16.8 Å². The van der Waals surface area contributed by atoms with E-state index in [1.807, 2.05) is 0 Å². The minimum Gasteiger partial charge on any atom is -0.504 e. The maximum Gasteiger partial charge on any atom is 0.170 e. The molecular weight excluding hydrogens is 272 g/mol. The molecule has 0 N–H and O–H groups in total. The number of carbonyl (C=O) groups is 2. The molecule has 1 rings (SSSR count). The molecule has 0 spiro atoms. The van der Waals surface area contributed by atoms with Crippen molar-refractivity contribution in [3.05, 3.63) is 46.6 Å². The van der Waals surface area contributed by atoms with Crippen molar-refractivity contribution in [1.29, 1.82) is 0 Å². The summed E-state index contributed by atoms with van der Waals surface area (Å²) in [5.41, 5.74) is 0.530. The Kier molecular flexibility index (Phi) is 4.92. The zero-order chi connectivity index (χ0) is 12.0. The second kappa shape index (κ2) is 6.23. The lowest BCUT2D eigenvalue weighted by Gasteiger charge is -1.98. The molecular formula is C12H11BrO3. The summed E-state index contributed by atoms with van der Waals surface area (Å²) in [7, 11) is 1.44. The number of halogens is 1. The van der Waals surface area contributed by atoms with Gasteiger partial charge in [0.1, 0.15) is 0 Å². The highest BCUT2D eigenvalue weighted by molar-refractivity contribution is 9.10. The van der Waals surface area contributed by atoms with E-state index in [1.54, 1.807) is 24.3 Å². The van der Waals surface area contributed by atoms with Gasteiger partial charge in [0.25, 0.3) is 0 Å². The van der Waals surface area contributed by atoms with Gasteiger partial charge in [0.2, 0.25) is 0 Å². The second-order valence-electron chi connectivity index (χ2n) is 3.11. The van der Waals surface area contributed by atoms with Gasteiger partial charge in [0, 0.05) is 16.1 Å². The second-order valence-corrected chi connectivity index (χ2v) is 4.03. The van der Waals surface area contributed by atoms with Crippen molar-refractivity contribution in [3.8, 4) is 0 Å². The van der Waals surface area contributed by atoms with Crippen LogP contribution in [-0.2, 0) is 9.53 Å². The molecule has 16 heavy (non-hydrogen) atoms. The normalized spacial score (nSPS) is 10.4. The van der Waals surface area contributed by atoms with Gasteiger partial charge in [-0.3, -0.25) is 9.59 Å². The van der Waals surface area contributed by atoms with Gasteiger partial charge >= 0.3 is 0 Å². The van der Waals surface area contributed by atoms with Gasteiger partial charge in [0.15, 0.2) is 11.6 Å². The summed E-state index contributed by atoms with van der Waals surface area (Å²) < 4.78 is 5.49. The van der Waals surface area contributed by atoms with Gasteiger partial charge in [-0.2, -0.15) is 0 Å². The topological polar surface area (TPSA) is 43.4 Å². The van der Waals surface area contributed by atoms with Crippen molar-refractivity contribution in [3.63, 3.8) is 0 Å². The highest BCUT2D eigenvalue weighted by atomic mass is 79.9. The number of ether oxygens (including phenoxy) is 1. The molecule has 0 unspecified atom stereocenters. The Bertz CT molecular complexity index is 407. The molecule has 0 fully saturated rings. The van der Waals surface area contributed by atoms with E-state index in [9.17, 15) is 9.59 Å². The SMILES string of the molecule is CO/C=C/C(=O)CC(=O)c1ccc(Br)cc1. The number of hydrogen-bond donors (Lipinski definition) is 0. The molecule has 0 aliphatic heterocycles. The van der Waals surface area contributed by atoms with Gasteiger partial charge < -0.3 is 4.74 Å². The number of ketones is 2. The molecule has 0 aromatic heterocycles. The van der Waals surface area contributed by atoms with Gasteiger partial charge in [-0.1, -0.05) is 28.1 Å². The lowest BCUT2D eigenvalue weighted by Crippen LogP contribution is -2.05. The average Bonchev–Trinajstić information content (AvgIpc) is 2.27. The van der Waals surface area contributed by atoms with Crippen molar-refractivity contribution in [1.82, 2.24) is 0 Å². The highest BCUT2D eigenvalue weighted by Gasteiger charge is 2.09. The summed E-state index contributed by atoms with van der Waals surface area (Å²) in [6.07, 6.45) is 2.37. The van der Waals surface area contributed by atoms with Crippen LogP contribution in [-0.4, -0.2) is 18.7 Å². The largest absolute Gasteiger partial charge is 0.504 e. The number of rotatable bonds is 5. The van der Waals surface area contributed by atoms with E-state index in [-0.39, 0.29) is 18.0 Å². The molecule has 3 nitrogen and oxygen atoms in total. The number of Topliss-reactive ketones (excluding diaryl/α,β-unsaturated/α-hetero) is 1. The summed E-state index contributed by atoms with van der Waals surface area (Å²) in [5.74, 6) is -0.465. The van der Waals surface area contributed by atoms with Crippen LogP contribution >= 0.6 is 15.9 Å². The molecule has 1 aromatic carbocycles. The van der Waals surface area contributed by atoms with Gasteiger partial charge in [0.05, 0.1) is 19.8 Å². The van der Waals surface area contributed by atoms with Crippen LogP contribution in [0.5, 0.6) is 0 Å². The fourth-order valence-corrected chi connectivity index (χ4v) is 1.36. The van der Waals surface area contributed by atoms with Crippen molar-refractivity contribution in [2.75, 3.05) is 7.11 Å². The van der Waals surface area contributed by atoms with Crippen molar-refractivity contribution < 1.29 is 14.3 Å². The first kappa shape index (κ1) is 12.6. The molecule has 0 saturated carbocycles. The summed E-state index contributed by atoms with van der Waals surface area (Å²) in [6.45, 7) is 0. The zero-order valence-electron chi connectivity index (χ0n) is 8.77. The van der Waals surface area contributed by atoms with E-state index in [2.05, 4.69) is 20.7 Å². The van der Waals surface area contributed by atoms with Gasteiger partial charge in [-0.15, -0.1) is 0 Å². The lowest BCUT2D eigenvalue weighted by atomic mass is 10.1. The number of carbonyl (C=O) groups excluding carboxylic acids is 2. The quantitative estimate of drug-likeness (QED) is 0.361. The van der Waals surface area contributed by atoms with Crippen molar-refractivity contribution in [2.45, 2.75) is 6.42 Å². The third-order valence-corrected chi connectivity index (χ3v) is 2.42. The van der Waals surface area contributed by atoms with E-state index in [4.69, 9.17) is 0 Å². The van der Waals surface area contributed by atoms with Crippen LogP contribution in [0.25, 0.3) is 0 Å². The van der Waals surface area contributed by atoms with Crippen LogP contribution in [0.4, 0.5) is 0 Å². The molecule has 0 atom stereocenters. The number of hydrogen-bond acceptors (Lipinski definition) is 3. The Morgan fingerprint density at radius 2 is 1.94 bits per heavy atom. The molecule has 0 bridgehead atoms. The molecule has 0 saturated heterocycles. The fraction of sp³-hybridized carbons (Fsp3) is 0.167. The fourth-order valence-electron chi connectivity index (χ4n) is 1.10. The van der Waals surface area contributed by atoms with E-state index in [1.165, 1.54) is 19.4 Å². The van der Waals surface area contributed by atoms with E-state index >= 15 is 0 Å². The monoisotopic (exact) mass is 282 g/mol. The third kappa shape index (κ3) is 3.98. The van der Waals surface area contributed by atoms with Crippen molar-refractivity contribution >= 4 is 27.5 Å². The summed E-state index contributed by atoms with van der Waals surface area (Å²) in [6, 6.07) is 6.89. The molecule has 0 aliphatic carbocycles. The maximum atomic E-state index is 11.6. The van der Waals surface area contributed by atoms with E-state index < -0.39 is 0 Å². The Hall–Kier alpha value is -1.42. The Morgan fingerprint density at radius 3 is 2.50 bits per heavy atom. The average molecular weight is 283 g/mol. The van der Waals surface area contributed by atoms with Crippen LogP contribution in [0, 0.1) is 0 Å².